The largest absolute Gasteiger partial charge is 0.388 e. The standard InChI is InChI=1S/C20H21N3O2/c1-15-7-9-16(10-8-15)14-23-19(11-12-21-23)22-20(25)13-18(24)17-5-3-2-4-6-17/h2-12,18,24H,13-14H2,1H3,(H,22,25). The summed E-state index contributed by atoms with van der Waals surface area (Å²) in [6.07, 6.45) is 0.826. The number of aryl methyl sites for hydroxylation is 1. The van der Waals surface area contributed by atoms with Crippen molar-refractivity contribution in [3.63, 3.8) is 0 Å². The molecule has 0 spiro atoms. The maximum atomic E-state index is 12.2. The fraction of sp³-hybridized carbons (Fsp3) is 0.200. The number of carbonyl (C=O) groups excluding carboxylic acids is 1. The molecule has 2 aromatic carbocycles. The minimum Gasteiger partial charge on any atom is -0.388 e. The normalized spacial score (nSPS) is 11.9. The van der Waals surface area contributed by atoms with Crippen LogP contribution in [0, 0.1) is 6.92 Å². The first-order valence-corrected chi connectivity index (χ1v) is 8.22. The van der Waals surface area contributed by atoms with E-state index in [-0.39, 0.29) is 12.3 Å². The van der Waals surface area contributed by atoms with E-state index in [1.54, 1.807) is 29.1 Å². The lowest BCUT2D eigenvalue weighted by Crippen LogP contribution is -2.18. The lowest BCUT2D eigenvalue weighted by molar-refractivity contribution is -0.118. The summed E-state index contributed by atoms with van der Waals surface area (Å²) in [6, 6.07) is 19.1. The lowest BCUT2D eigenvalue weighted by atomic mass is 10.1. The average molecular weight is 335 g/mol. The van der Waals surface area contributed by atoms with Gasteiger partial charge in [-0.1, -0.05) is 60.2 Å². The Labute approximate surface area is 146 Å². The number of aromatic nitrogens is 2. The Balaban J connectivity index is 1.62. The zero-order valence-corrected chi connectivity index (χ0v) is 14.1. The monoisotopic (exact) mass is 335 g/mol. The Morgan fingerprint density at radius 2 is 1.84 bits per heavy atom. The number of benzene rings is 2. The van der Waals surface area contributed by atoms with E-state index < -0.39 is 6.10 Å². The molecular weight excluding hydrogens is 314 g/mol. The van der Waals surface area contributed by atoms with Gasteiger partial charge in [0.2, 0.25) is 5.91 Å². The second-order valence-electron chi connectivity index (χ2n) is 6.04. The SMILES string of the molecule is Cc1ccc(Cn2nccc2NC(=O)CC(O)c2ccccc2)cc1. The van der Waals surface area contributed by atoms with Gasteiger partial charge in [0.25, 0.3) is 0 Å². The highest BCUT2D eigenvalue weighted by atomic mass is 16.3. The minimum atomic E-state index is -0.824. The topological polar surface area (TPSA) is 67.2 Å². The van der Waals surface area contributed by atoms with E-state index >= 15 is 0 Å². The smallest absolute Gasteiger partial charge is 0.228 e. The Kier molecular flexibility index (Phi) is 5.26. The molecule has 0 bridgehead atoms. The molecule has 2 N–H and O–H groups in total. The molecule has 5 nitrogen and oxygen atoms in total. The van der Waals surface area contributed by atoms with Gasteiger partial charge in [0.15, 0.2) is 0 Å². The van der Waals surface area contributed by atoms with Crippen molar-refractivity contribution in [2.45, 2.75) is 26.0 Å². The molecule has 0 aliphatic rings. The fourth-order valence-electron chi connectivity index (χ4n) is 2.59. The third kappa shape index (κ3) is 4.55. The van der Waals surface area contributed by atoms with E-state index in [9.17, 15) is 9.90 Å². The number of nitrogens with one attached hydrogen (secondary N) is 1. The van der Waals surface area contributed by atoms with Crippen LogP contribution in [0.15, 0.2) is 66.9 Å². The number of amides is 1. The Bertz CT molecular complexity index is 826. The van der Waals surface area contributed by atoms with Gasteiger partial charge in [-0.05, 0) is 18.1 Å². The summed E-state index contributed by atoms with van der Waals surface area (Å²) < 4.78 is 1.73. The number of aliphatic hydroxyl groups excluding tert-OH is 1. The molecule has 0 saturated carbocycles. The zero-order valence-electron chi connectivity index (χ0n) is 14.1. The Morgan fingerprint density at radius 3 is 2.56 bits per heavy atom. The number of carbonyl (C=O) groups is 1. The van der Waals surface area contributed by atoms with Crippen molar-refractivity contribution in [2.75, 3.05) is 5.32 Å². The molecule has 3 aromatic rings. The van der Waals surface area contributed by atoms with Gasteiger partial charge in [0, 0.05) is 6.07 Å². The number of anilines is 1. The van der Waals surface area contributed by atoms with Gasteiger partial charge >= 0.3 is 0 Å². The van der Waals surface area contributed by atoms with Crippen molar-refractivity contribution in [3.8, 4) is 0 Å². The van der Waals surface area contributed by atoms with E-state index in [4.69, 9.17) is 0 Å². The first kappa shape index (κ1) is 16.9. The van der Waals surface area contributed by atoms with Gasteiger partial charge < -0.3 is 10.4 Å². The van der Waals surface area contributed by atoms with Crippen molar-refractivity contribution in [1.82, 2.24) is 9.78 Å². The van der Waals surface area contributed by atoms with Crippen LogP contribution in [0.2, 0.25) is 0 Å². The van der Waals surface area contributed by atoms with E-state index in [1.165, 1.54) is 5.56 Å². The Morgan fingerprint density at radius 1 is 1.12 bits per heavy atom. The molecular formula is C20H21N3O2. The highest BCUT2D eigenvalue weighted by Gasteiger charge is 2.14. The summed E-state index contributed by atoms with van der Waals surface area (Å²) in [5, 5.41) is 17.3. The van der Waals surface area contributed by atoms with E-state index in [0.29, 0.717) is 12.4 Å². The summed E-state index contributed by atoms with van der Waals surface area (Å²) in [7, 11) is 0. The second kappa shape index (κ2) is 7.77. The summed E-state index contributed by atoms with van der Waals surface area (Å²) in [5.74, 6) is 0.368. The quantitative estimate of drug-likeness (QED) is 0.726. The van der Waals surface area contributed by atoms with Crippen LogP contribution in [-0.4, -0.2) is 20.8 Å². The van der Waals surface area contributed by atoms with Gasteiger partial charge in [0.1, 0.15) is 5.82 Å². The Hall–Kier alpha value is -2.92. The van der Waals surface area contributed by atoms with Crippen LogP contribution in [0.3, 0.4) is 0 Å². The first-order valence-electron chi connectivity index (χ1n) is 8.22. The third-order valence-electron chi connectivity index (χ3n) is 4.00. The highest BCUT2D eigenvalue weighted by Crippen LogP contribution is 2.17. The van der Waals surface area contributed by atoms with Gasteiger partial charge in [-0.3, -0.25) is 4.79 Å². The number of hydrogen-bond acceptors (Lipinski definition) is 3. The molecule has 1 unspecified atom stereocenters. The van der Waals surface area contributed by atoms with Gasteiger partial charge in [0.05, 0.1) is 25.3 Å². The fourth-order valence-corrected chi connectivity index (χ4v) is 2.59. The average Bonchev–Trinajstić information content (AvgIpc) is 3.04. The summed E-state index contributed by atoms with van der Waals surface area (Å²) in [4.78, 5) is 12.2. The van der Waals surface area contributed by atoms with E-state index in [0.717, 1.165) is 11.1 Å². The van der Waals surface area contributed by atoms with Crippen LogP contribution in [0.25, 0.3) is 0 Å². The summed E-state index contributed by atoms with van der Waals surface area (Å²) in [5.41, 5.74) is 3.03. The molecule has 0 saturated heterocycles. The number of aliphatic hydroxyl groups is 1. The molecule has 0 radical (unpaired) electrons. The molecule has 0 aliphatic heterocycles. The molecule has 128 valence electrons. The van der Waals surface area contributed by atoms with Crippen LogP contribution >= 0.6 is 0 Å². The van der Waals surface area contributed by atoms with Crippen LogP contribution < -0.4 is 5.32 Å². The van der Waals surface area contributed by atoms with Crippen molar-refractivity contribution in [1.29, 1.82) is 0 Å². The summed E-state index contributed by atoms with van der Waals surface area (Å²) in [6.45, 7) is 2.62. The van der Waals surface area contributed by atoms with E-state index in [1.807, 2.05) is 49.4 Å². The van der Waals surface area contributed by atoms with Gasteiger partial charge in [-0.15, -0.1) is 0 Å². The van der Waals surface area contributed by atoms with Crippen molar-refractivity contribution in [3.05, 3.63) is 83.6 Å². The van der Waals surface area contributed by atoms with Gasteiger partial charge in [-0.25, -0.2) is 4.68 Å². The highest BCUT2D eigenvalue weighted by molar-refractivity contribution is 5.90. The van der Waals surface area contributed by atoms with Gasteiger partial charge in [-0.2, -0.15) is 5.10 Å². The predicted molar refractivity (Wildman–Crippen MR) is 97.2 cm³/mol. The number of hydrogen-bond donors (Lipinski definition) is 2. The maximum Gasteiger partial charge on any atom is 0.228 e. The van der Waals surface area contributed by atoms with Crippen LogP contribution in [-0.2, 0) is 11.3 Å². The zero-order chi connectivity index (χ0) is 17.6. The molecule has 25 heavy (non-hydrogen) atoms. The van der Waals surface area contributed by atoms with Crippen molar-refractivity contribution in [2.24, 2.45) is 0 Å². The van der Waals surface area contributed by atoms with Crippen molar-refractivity contribution >= 4 is 11.7 Å². The first-order chi connectivity index (χ1) is 12.1. The van der Waals surface area contributed by atoms with Crippen LogP contribution in [0.1, 0.15) is 29.2 Å². The molecule has 3 rings (SSSR count). The lowest BCUT2D eigenvalue weighted by Gasteiger charge is -2.12. The van der Waals surface area contributed by atoms with Crippen LogP contribution in [0.5, 0.6) is 0 Å². The third-order valence-corrected chi connectivity index (χ3v) is 4.00. The molecule has 0 aliphatic carbocycles. The maximum absolute atomic E-state index is 12.2. The number of rotatable bonds is 6. The molecule has 5 heteroatoms. The molecule has 0 fully saturated rings. The predicted octanol–water partition coefficient (Wildman–Crippen LogP) is 3.30. The molecule has 1 heterocycles. The summed E-state index contributed by atoms with van der Waals surface area (Å²) >= 11 is 0. The molecule has 1 amide bonds. The van der Waals surface area contributed by atoms with Crippen LogP contribution in [0.4, 0.5) is 5.82 Å². The molecule has 1 aromatic heterocycles. The minimum absolute atomic E-state index is 0.000273. The van der Waals surface area contributed by atoms with Crippen molar-refractivity contribution < 1.29 is 9.90 Å². The second-order valence-corrected chi connectivity index (χ2v) is 6.04. The number of nitrogens with zero attached hydrogens (tertiary/aromatic N) is 2. The molecule has 1 atom stereocenters. The van der Waals surface area contributed by atoms with E-state index in [2.05, 4.69) is 10.4 Å².